The predicted molar refractivity (Wildman–Crippen MR) is 108 cm³/mol. The molecular weight excluding hydrogens is 437 g/mol. The van der Waals surface area contributed by atoms with E-state index in [0.717, 1.165) is 17.1 Å². The topological polar surface area (TPSA) is 97.6 Å². The number of pyridine rings is 1. The van der Waals surface area contributed by atoms with Crippen LogP contribution >= 0.6 is 11.6 Å². The number of carbonyl (C=O) groups is 2. The number of nitrogens with one attached hydrogen (secondary N) is 1. The maximum atomic E-state index is 13.0. The van der Waals surface area contributed by atoms with Gasteiger partial charge in [0.1, 0.15) is 17.2 Å². The van der Waals surface area contributed by atoms with E-state index in [9.17, 15) is 22.8 Å². The number of hydrogen-bond acceptors (Lipinski definition) is 5. The number of aromatic nitrogens is 1. The molecule has 11 heteroatoms. The van der Waals surface area contributed by atoms with Gasteiger partial charge >= 0.3 is 6.18 Å². The van der Waals surface area contributed by atoms with Crippen molar-refractivity contribution in [3.63, 3.8) is 0 Å². The van der Waals surface area contributed by atoms with Crippen molar-refractivity contribution in [1.29, 1.82) is 0 Å². The van der Waals surface area contributed by atoms with Crippen LogP contribution in [0.3, 0.4) is 0 Å². The summed E-state index contributed by atoms with van der Waals surface area (Å²) in [4.78, 5) is 26.5. The number of benzene rings is 2. The Balaban J connectivity index is 1.76. The highest BCUT2D eigenvalue weighted by atomic mass is 35.5. The third kappa shape index (κ3) is 5.43. The van der Waals surface area contributed by atoms with E-state index in [1.165, 1.54) is 48.7 Å². The zero-order chi connectivity index (χ0) is 22.6. The van der Waals surface area contributed by atoms with Gasteiger partial charge in [-0.2, -0.15) is 13.2 Å². The van der Waals surface area contributed by atoms with E-state index in [1.807, 2.05) is 0 Å². The number of nitrogens with zero attached hydrogens (tertiary/aromatic N) is 2. The molecule has 0 aliphatic rings. The summed E-state index contributed by atoms with van der Waals surface area (Å²) >= 11 is 5.60. The smallest absolute Gasteiger partial charge is 0.417 e. The quantitative estimate of drug-likeness (QED) is 0.404. The molecule has 0 fully saturated rings. The van der Waals surface area contributed by atoms with Crippen LogP contribution in [0.4, 0.5) is 24.5 Å². The Kier molecular flexibility index (Phi) is 6.30. The highest BCUT2D eigenvalue weighted by Gasteiger charge is 2.33. The third-order valence-corrected chi connectivity index (χ3v) is 4.29. The molecular formula is C20H14ClF3N4O3. The molecule has 0 atom stereocenters. The van der Waals surface area contributed by atoms with Crippen LogP contribution in [-0.2, 0) is 11.0 Å². The highest BCUT2D eigenvalue weighted by Crippen LogP contribution is 2.36. The molecule has 0 bridgehead atoms. The number of hydrazine groups is 1. The van der Waals surface area contributed by atoms with Gasteiger partial charge in [0.2, 0.25) is 6.41 Å². The summed E-state index contributed by atoms with van der Waals surface area (Å²) in [5, 5.41) is 0.540. The van der Waals surface area contributed by atoms with E-state index in [1.54, 1.807) is 0 Å². The normalized spacial score (nSPS) is 11.0. The second-order valence-corrected chi connectivity index (χ2v) is 6.52. The molecule has 3 rings (SSSR count). The maximum absolute atomic E-state index is 13.0. The van der Waals surface area contributed by atoms with Crippen LogP contribution in [0.15, 0.2) is 60.8 Å². The Bertz CT molecular complexity index is 1110. The molecule has 0 aliphatic heterocycles. The Hall–Kier alpha value is -3.79. The van der Waals surface area contributed by atoms with Crippen LogP contribution in [-0.4, -0.2) is 17.3 Å². The first-order valence-corrected chi connectivity index (χ1v) is 8.97. The Morgan fingerprint density at radius 2 is 1.81 bits per heavy atom. The van der Waals surface area contributed by atoms with E-state index < -0.39 is 22.7 Å². The van der Waals surface area contributed by atoms with Crippen molar-refractivity contribution >= 4 is 35.3 Å². The van der Waals surface area contributed by atoms with Gasteiger partial charge in [0.05, 0.1) is 22.0 Å². The Morgan fingerprint density at radius 1 is 1.10 bits per heavy atom. The van der Waals surface area contributed by atoms with Crippen molar-refractivity contribution in [3.05, 3.63) is 77.1 Å². The lowest BCUT2D eigenvalue weighted by atomic mass is 10.2. The molecule has 0 radical (unpaired) electrons. The number of halogens is 4. The van der Waals surface area contributed by atoms with E-state index in [0.29, 0.717) is 23.6 Å². The number of anilines is 2. The van der Waals surface area contributed by atoms with Crippen molar-refractivity contribution in [2.24, 2.45) is 5.73 Å². The van der Waals surface area contributed by atoms with Gasteiger partial charge in [-0.3, -0.25) is 20.0 Å². The maximum Gasteiger partial charge on any atom is 0.417 e. The lowest BCUT2D eigenvalue weighted by Crippen LogP contribution is -2.28. The van der Waals surface area contributed by atoms with E-state index >= 15 is 0 Å². The van der Waals surface area contributed by atoms with E-state index in [2.05, 4.69) is 10.4 Å². The molecule has 0 spiro atoms. The zero-order valence-electron chi connectivity index (χ0n) is 15.6. The largest absolute Gasteiger partial charge is 0.457 e. The average Bonchev–Trinajstić information content (AvgIpc) is 2.73. The third-order valence-electron chi connectivity index (χ3n) is 3.96. The van der Waals surface area contributed by atoms with Gasteiger partial charge in [-0.05, 0) is 48.5 Å². The number of hydrogen-bond donors (Lipinski definition) is 2. The van der Waals surface area contributed by atoms with Crippen molar-refractivity contribution in [1.82, 2.24) is 4.98 Å². The van der Waals surface area contributed by atoms with Crippen molar-refractivity contribution in [3.8, 4) is 11.5 Å². The number of nitrogens with two attached hydrogens (primary N) is 1. The molecule has 3 N–H and O–H groups in total. The molecule has 160 valence electrons. The summed E-state index contributed by atoms with van der Waals surface area (Å²) in [6.07, 6.45) is -2.87. The van der Waals surface area contributed by atoms with Gasteiger partial charge in [0, 0.05) is 12.3 Å². The molecule has 1 heterocycles. The fourth-order valence-electron chi connectivity index (χ4n) is 2.52. The van der Waals surface area contributed by atoms with Crippen LogP contribution in [0.2, 0.25) is 5.02 Å². The Labute approximate surface area is 179 Å². The number of rotatable bonds is 7. The minimum atomic E-state index is -4.64. The number of amides is 2. The summed E-state index contributed by atoms with van der Waals surface area (Å²) in [5.74, 6) is -0.00536. The van der Waals surface area contributed by atoms with Gasteiger partial charge in [0.25, 0.3) is 5.91 Å². The summed E-state index contributed by atoms with van der Waals surface area (Å²) in [7, 11) is 0. The van der Waals surface area contributed by atoms with Gasteiger partial charge in [-0.25, -0.2) is 5.01 Å². The summed E-state index contributed by atoms with van der Waals surface area (Å²) in [5.41, 5.74) is 7.11. The number of primary amides is 1. The molecule has 0 saturated heterocycles. The van der Waals surface area contributed by atoms with Crippen LogP contribution < -0.4 is 20.9 Å². The van der Waals surface area contributed by atoms with Crippen LogP contribution in [0, 0.1) is 0 Å². The predicted octanol–water partition coefficient (Wildman–Crippen LogP) is 4.63. The van der Waals surface area contributed by atoms with Crippen molar-refractivity contribution < 1.29 is 27.5 Å². The average molecular weight is 451 g/mol. The number of carbonyl (C=O) groups excluding carboxylic acids is 2. The van der Waals surface area contributed by atoms with E-state index in [-0.39, 0.29) is 11.4 Å². The lowest BCUT2D eigenvalue weighted by molar-refractivity contribution is -0.137. The Morgan fingerprint density at radius 3 is 2.42 bits per heavy atom. The summed E-state index contributed by atoms with van der Waals surface area (Å²) < 4.78 is 44.7. The first-order valence-electron chi connectivity index (χ1n) is 8.59. The molecule has 7 nitrogen and oxygen atoms in total. The molecule has 0 unspecified atom stereocenters. The standard InChI is InChI=1S/C20H14ClF3N4O3/c21-17-6-1-12(9-16(17)20(22,23)24)27-28(11-29)13-2-4-14(5-3-13)31-15-7-8-26-18(10-15)19(25)30/h1-11,27H,(H2,25,30). The van der Waals surface area contributed by atoms with Gasteiger partial charge in [-0.1, -0.05) is 11.6 Å². The highest BCUT2D eigenvalue weighted by molar-refractivity contribution is 6.31. The molecule has 1 aromatic heterocycles. The van der Waals surface area contributed by atoms with Crippen molar-refractivity contribution in [2.75, 3.05) is 10.4 Å². The minimum absolute atomic E-state index is 0.0138. The zero-order valence-corrected chi connectivity index (χ0v) is 16.3. The lowest BCUT2D eigenvalue weighted by Gasteiger charge is -2.21. The molecule has 2 aromatic carbocycles. The van der Waals surface area contributed by atoms with Gasteiger partial charge in [-0.15, -0.1) is 0 Å². The number of ether oxygens (including phenoxy) is 1. The first kappa shape index (κ1) is 21.9. The van der Waals surface area contributed by atoms with Crippen LogP contribution in [0.5, 0.6) is 11.5 Å². The van der Waals surface area contributed by atoms with Crippen molar-refractivity contribution in [2.45, 2.75) is 6.18 Å². The first-order chi connectivity index (χ1) is 14.7. The van der Waals surface area contributed by atoms with Crippen LogP contribution in [0.1, 0.15) is 16.1 Å². The molecule has 2 amide bonds. The molecule has 31 heavy (non-hydrogen) atoms. The van der Waals surface area contributed by atoms with Gasteiger partial charge in [0.15, 0.2) is 0 Å². The monoisotopic (exact) mass is 450 g/mol. The molecule has 0 saturated carbocycles. The summed E-state index contributed by atoms with van der Waals surface area (Å²) in [6, 6.07) is 12.2. The second kappa shape index (κ2) is 8.92. The van der Waals surface area contributed by atoms with E-state index in [4.69, 9.17) is 22.1 Å². The SMILES string of the molecule is NC(=O)c1cc(Oc2ccc(N(C=O)Nc3ccc(Cl)c(C(F)(F)F)c3)cc2)ccn1. The summed E-state index contributed by atoms with van der Waals surface area (Å²) in [6.45, 7) is 0. The fraction of sp³-hybridized carbons (Fsp3) is 0.0500. The number of alkyl halides is 3. The molecule has 0 aliphatic carbocycles. The van der Waals surface area contributed by atoms with Crippen LogP contribution in [0.25, 0.3) is 0 Å². The fourth-order valence-corrected chi connectivity index (χ4v) is 2.75. The minimum Gasteiger partial charge on any atom is -0.457 e. The van der Waals surface area contributed by atoms with Gasteiger partial charge < -0.3 is 10.5 Å². The second-order valence-electron chi connectivity index (χ2n) is 6.12. The molecule has 3 aromatic rings.